The monoisotopic (exact) mass is 485 g/mol. The Morgan fingerprint density at radius 3 is 2.71 bits per heavy atom. The number of aliphatic hydroxyl groups is 1. The molecule has 172 valence electrons. The van der Waals surface area contributed by atoms with Crippen molar-refractivity contribution in [1.82, 2.24) is 15.1 Å². The van der Waals surface area contributed by atoms with Gasteiger partial charge < -0.3 is 10.0 Å². The summed E-state index contributed by atoms with van der Waals surface area (Å²) in [7, 11) is 2.06. The Morgan fingerprint density at radius 1 is 1.29 bits per heavy atom. The molecule has 7 heteroatoms. The van der Waals surface area contributed by atoms with Crippen molar-refractivity contribution in [3.8, 4) is 11.8 Å². The lowest BCUT2D eigenvalue weighted by Crippen LogP contribution is -2.50. The lowest BCUT2D eigenvalue weighted by Gasteiger charge is -2.34. The van der Waals surface area contributed by atoms with E-state index in [1.165, 1.54) is 5.57 Å². The van der Waals surface area contributed by atoms with Crippen molar-refractivity contribution in [3.63, 3.8) is 0 Å². The van der Waals surface area contributed by atoms with E-state index in [-0.39, 0.29) is 11.3 Å². The third-order valence-electron chi connectivity index (χ3n) is 5.67. The summed E-state index contributed by atoms with van der Waals surface area (Å²) in [5, 5.41) is 15.9. The Labute approximate surface area is 202 Å². The lowest BCUT2D eigenvalue weighted by molar-refractivity contribution is -0.0270. The Morgan fingerprint density at radius 2 is 2.03 bits per heavy atom. The molecule has 2 rings (SSSR count). The molecule has 0 aromatic rings. The highest BCUT2D eigenvalue weighted by atomic mass is 35.5. The first kappa shape index (κ1) is 26.5. The van der Waals surface area contributed by atoms with E-state index < -0.39 is 6.35 Å². The van der Waals surface area contributed by atoms with Gasteiger partial charge >= 0.3 is 0 Å². The molecule has 0 aromatic heterocycles. The second kappa shape index (κ2) is 12.5. The number of hydrogen-bond acceptors (Lipinski definition) is 4. The predicted molar refractivity (Wildman–Crippen MR) is 133 cm³/mol. The second-order valence-corrected chi connectivity index (χ2v) is 9.86. The van der Waals surface area contributed by atoms with E-state index in [1.54, 1.807) is 0 Å². The minimum atomic E-state index is -0.704. The van der Waals surface area contributed by atoms with Gasteiger partial charge in [-0.2, -0.15) is 0 Å². The normalized spacial score (nSPS) is 28.4. The summed E-state index contributed by atoms with van der Waals surface area (Å²) in [5.74, 6) is 6.40. The van der Waals surface area contributed by atoms with Crippen LogP contribution in [0.15, 0.2) is 45.0 Å². The van der Waals surface area contributed by atoms with Crippen LogP contribution in [0.5, 0.6) is 0 Å². The molecular formula is C24H34Cl3N3O. The molecule has 2 aliphatic carbocycles. The van der Waals surface area contributed by atoms with Gasteiger partial charge in [0.1, 0.15) is 0 Å². The van der Waals surface area contributed by atoms with Crippen LogP contribution in [-0.4, -0.2) is 61.0 Å². The number of aliphatic hydroxyl groups excluding tert-OH is 1. The molecule has 0 heterocycles. The van der Waals surface area contributed by atoms with Gasteiger partial charge in [0.15, 0.2) is 6.35 Å². The average Bonchev–Trinajstić information content (AvgIpc) is 2.72. The van der Waals surface area contributed by atoms with Crippen LogP contribution in [0.1, 0.15) is 33.6 Å². The zero-order chi connectivity index (χ0) is 23.0. The lowest BCUT2D eigenvalue weighted by atomic mass is 9.80. The molecule has 31 heavy (non-hydrogen) atoms. The first-order valence-electron chi connectivity index (χ1n) is 10.7. The summed E-state index contributed by atoms with van der Waals surface area (Å²) in [6.07, 6.45) is 8.62. The summed E-state index contributed by atoms with van der Waals surface area (Å²) in [5.41, 5.74) is 1.12. The van der Waals surface area contributed by atoms with Crippen LogP contribution >= 0.6 is 34.8 Å². The summed E-state index contributed by atoms with van der Waals surface area (Å²) in [4.78, 5) is 4.23. The highest BCUT2D eigenvalue weighted by Crippen LogP contribution is 2.34. The molecular weight excluding hydrogens is 453 g/mol. The fourth-order valence-electron chi connectivity index (χ4n) is 3.74. The van der Waals surface area contributed by atoms with E-state index in [4.69, 9.17) is 34.8 Å². The van der Waals surface area contributed by atoms with Gasteiger partial charge in [-0.25, -0.2) is 0 Å². The first-order chi connectivity index (χ1) is 14.6. The number of nitrogens with one attached hydrogen (secondary N) is 1. The van der Waals surface area contributed by atoms with E-state index in [0.29, 0.717) is 23.0 Å². The molecule has 0 fully saturated rings. The molecule has 0 bridgehead atoms. The summed E-state index contributed by atoms with van der Waals surface area (Å²) in [6.45, 7) is 9.99. The van der Waals surface area contributed by atoms with Gasteiger partial charge in [-0.3, -0.25) is 10.2 Å². The Balaban J connectivity index is 1.82. The Kier molecular flexibility index (Phi) is 10.6. The van der Waals surface area contributed by atoms with Crippen LogP contribution in [0, 0.1) is 23.2 Å². The number of likely N-dealkylation sites (N-methyl/N-ethyl adjacent to an activating group) is 2. The molecule has 2 N–H and O–H groups in total. The number of halogens is 3. The molecule has 0 spiro atoms. The van der Waals surface area contributed by atoms with Crippen molar-refractivity contribution in [3.05, 3.63) is 45.0 Å². The fourth-order valence-corrected chi connectivity index (χ4v) is 4.24. The predicted octanol–water partition coefficient (Wildman–Crippen LogP) is 4.85. The van der Waals surface area contributed by atoms with Gasteiger partial charge in [0.2, 0.25) is 0 Å². The largest absolute Gasteiger partial charge is 0.365 e. The summed E-state index contributed by atoms with van der Waals surface area (Å²) in [6, 6.07) is 0. The SMILES string of the molecule is CCN(CCN(C)CC1C#CC/C=C(Cl)\C(Cl)=C/1)C(O)NCC1(C)C=CC(Cl)=C(C)C1. The number of hydrogen-bond donors (Lipinski definition) is 2. The molecule has 4 nitrogen and oxygen atoms in total. The standard InChI is InChI=1S/C24H34Cl3N3O/c1-5-30(23(31)28-17-24(3)11-10-20(25)18(2)15-24)13-12-29(4)16-19-8-6-7-9-21(26)22(27)14-19/h9-11,14,19,23,28,31H,5,7,12-13,15-17H2,1-4H3/b21-9+,22-14+. The molecule has 0 amide bonds. The van der Waals surface area contributed by atoms with Gasteiger partial charge in [-0.1, -0.05) is 78.2 Å². The molecule has 0 aliphatic heterocycles. The first-order valence-corrected chi connectivity index (χ1v) is 11.9. The maximum absolute atomic E-state index is 10.7. The van der Waals surface area contributed by atoms with Crippen LogP contribution in [0.2, 0.25) is 0 Å². The molecule has 2 aliphatic rings. The van der Waals surface area contributed by atoms with Gasteiger partial charge in [0.05, 0.1) is 16.0 Å². The average molecular weight is 487 g/mol. The summed E-state index contributed by atoms with van der Waals surface area (Å²) >= 11 is 18.6. The van der Waals surface area contributed by atoms with Crippen molar-refractivity contribution in [2.24, 2.45) is 11.3 Å². The van der Waals surface area contributed by atoms with Gasteiger partial charge in [0.25, 0.3) is 0 Å². The number of rotatable bonds is 10. The molecule has 0 radical (unpaired) electrons. The maximum atomic E-state index is 10.7. The molecule has 0 saturated heterocycles. The number of nitrogens with zero attached hydrogens (tertiary/aromatic N) is 2. The Hall–Kier alpha value is -0.770. The minimum absolute atomic E-state index is 0.0271. The fraction of sp³-hybridized carbons (Fsp3) is 0.583. The zero-order valence-corrected chi connectivity index (χ0v) is 21.2. The highest BCUT2D eigenvalue weighted by molar-refractivity contribution is 6.43. The van der Waals surface area contributed by atoms with E-state index >= 15 is 0 Å². The zero-order valence-electron chi connectivity index (χ0n) is 18.9. The topological polar surface area (TPSA) is 38.7 Å². The third kappa shape index (κ3) is 8.59. The Bertz CT molecular complexity index is 809. The van der Waals surface area contributed by atoms with Crippen molar-refractivity contribution < 1.29 is 5.11 Å². The van der Waals surface area contributed by atoms with E-state index in [2.05, 4.69) is 56.0 Å². The maximum Gasteiger partial charge on any atom is 0.163 e. The minimum Gasteiger partial charge on any atom is -0.365 e. The summed E-state index contributed by atoms with van der Waals surface area (Å²) < 4.78 is 0. The van der Waals surface area contributed by atoms with Crippen LogP contribution in [0.4, 0.5) is 0 Å². The molecule has 3 atom stereocenters. The van der Waals surface area contributed by atoms with Crippen molar-refractivity contribution in [2.75, 3.05) is 39.8 Å². The molecule has 0 saturated carbocycles. The van der Waals surface area contributed by atoms with Crippen molar-refractivity contribution >= 4 is 34.8 Å². The quantitative estimate of drug-likeness (QED) is 0.342. The van der Waals surface area contributed by atoms with E-state index in [0.717, 1.165) is 37.6 Å². The molecule has 3 unspecified atom stereocenters. The van der Waals surface area contributed by atoms with Gasteiger partial charge in [-0.05, 0) is 39.1 Å². The van der Waals surface area contributed by atoms with E-state index in [9.17, 15) is 5.11 Å². The molecule has 0 aromatic carbocycles. The third-order valence-corrected chi connectivity index (χ3v) is 6.91. The second-order valence-electron chi connectivity index (χ2n) is 8.64. The van der Waals surface area contributed by atoms with Crippen molar-refractivity contribution in [1.29, 1.82) is 0 Å². The van der Waals surface area contributed by atoms with Crippen molar-refractivity contribution in [2.45, 2.75) is 40.0 Å². The van der Waals surface area contributed by atoms with Crippen LogP contribution in [0.25, 0.3) is 0 Å². The van der Waals surface area contributed by atoms with E-state index in [1.807, 2.05) is 23.1 Å². The van der Waals surface area contributed by atoms with Gasteiger partial charge in [-0.15, -0.1) is 0 Å². The van der Waals surface area contributed by atoms with Crippen LogP contribution < -0.4 is 5.32 Å². The smallest absolute Gasteiger partial charge is 0.163 e. The van der Waals surface area contributed by atoms with Crippen LogP contribution in [-0.2, 0) is 0 Å². The van der Waals surface area contributed by atoms with Crippen LogP contribution in [0.3, 0.4) is 0 Å². The number of allylic oxidation sites excluding steroid dienone is 6. The van der Waals surface area contributed by atoms with Gasteiger partial charge in [0, 0.05) is 43.0 Å². The highest BCUT2D eigenvalue weighted by Gasteiger charge is 2.27.